The molecule has 98 valence electrons. The third-order valence-electron chi connectivity index (χ3n) is 2.23. The summed E-state index contributed by atoms with van der Waals surface area (Å²) in [5.74, 6) is 0.185. The fourth-order valence-corrected chi connectivity index (χ4v) is 1.67. The Kier molecular flexibility index (Phi) is 5.03. The highest BCUT2D eigenvalue weighted by molar-refractivity contribution is 7.78. The summed E-state index contributed by atoms with van der Waals surface area (Å²) in [6.07, 6.45) is -0.613. The zero-order valence-electron chi connectivity index (χ0n) is 10.4. The van der Waals surface area contributed by atoms with Crippen LogP contribution in [0, 0.1) is 13.8 Å². The lowest BCUT2D eigenvalue weighted by molar-refractivity contribution is -0.131. The van der Waals surface area contributed by atoms with Crippen molar-refractivity contribution in [2.24, 2.45) is 0 Å². The van der Waals surface area contributed by atoms with Crippen LogP contribution in [0.5, 0.6) is 5.75 Å². The number of amides is 1. The molecule has 0 unspecified atom stereocenters. The average molecular weight is 269 g/mol. The molecular weight excluding hydrogens is 254 g/mol. The molecule has 0 spiro atoms. The number of hydrogen-bond donors (Lipinski definition) is 2. The fourth-order valence-electron chi connectivity index (χ4n) is 1.61. The van der Waals surface area contributed by atoms with Crippen molar-refractivity contribution in [2.45, 2.75) is 27.4 Å². The van der Waals surface area contributed by atoms with E-state index in [1.54, 1.807) is 12.1 Å². The van der Waals surface area contributed by atoms with Crippen molar-refractivity contribution in [1.29, 1.82) is 0 Å². The molecule has 0 saturated carbocycles. The summed E-state index contributed by atoms with van der Waals surface area (Å²) in [6.45, 7) is 5.14. The molecule has 5 nitrogen and oxygen atoms in total. The first-order valence-electron chi connectivity index (χ1n) is 5.29. The van der Waals surface area contributed by atoms with Crippen molar-refractivity contribution in [2.75, 3.05) is 0 Å². The molecule has 0 atom stereocenters. The molecule has 1 amide bonds. The normalized spacial score (nSPS) is 9.78. The monoisotopic (exact) mass is 269 g/mol. The Morgan fingerprint density at radius 2 is 1.83 bits per heavy atom. The zero-order chi connectivity index (χ0) is 13.7. The van der Waals surface area contributed by atoms with Gasteiger partial charge >= 0.3 is 12.1 Å². The summed E-state index contributed by atoms with van der Waals surface area (Å²) >= 11 is 3.57. The number of rotatable bonds is 3. The van der Waals surface area contributed by atoms with E-state index in [0.717, 1.165) is 16.7 Å². The lowest BCUT2D eigenvalue weighted by Crippen LogP contribution is -2.14. The van der Waals surface area contributed by atoms with Crippen molar-refractivity contribution in [1.82, 2.24) is 4.72 Å². The summed E-state index contributed by atoms with van der Waals surface area (Å²) < 4.78 is 12.0. The predicted molar refractivity (Wildman–Crippen MR) is 69.5 cm³/mol. The molecule has 0 bridgehead atoms. The molecule has 1 aromatic rings. The molecule has 0 radical (unpaired) electrons. The van der Waals surface area contributed by atoms with E-state index in [2.05, 4.69) is 17.5 Å². The number of nitrogens with one attached hydrogen (secondary N) is 1. The smallest absolute Gasteiger partial charge is 0.417 e. The minimum atomic E-state index is -0.613. The number of carbonyl (C=O) groups excluding carboxylic acids is 2. The Morgan fingerprint density at radius 1 is 1.28 bits per heavy atom. The molecule has 6 heteroatoms. The Hall–Kier alpha value is -1.69. The number of benzene rings is 1. The van der Waals surface area contributed by atoms with Gasteiger partial charge in [0.1, 0.15) is 12.4 Å². The van der Waals surface area contributed by atoms with Gasteiger partial charge in [-0.1, -0.05) is 12.8 Å². The number of carbonyl (C=O) groups is 2. The summed E-state index contributed by atoms with van der Waals surface area (Å²) in [5.41, 5.74) is 2.45. The summed E-state index contributed by atoms with van der Waals surface area (Å²) in [5, 5.41) is 0. The molecule has 18 heavy (non-hydrogen) atoms. The molecule has 0 aliphatic heterocycles. The number of esters is 1. The molecule has 1 N–H and O–H groups in total. The predicted octanol–water partition coefficient (Wildman–Crippen LogP) is 2.30. The second kappa shape index (κ2) is 6.30. The molecule has 0 aliphatic rings. The maximum atomic E-state index is 10.9. The van der Waals surface area contributed by atoms with E-state index in [1.807, 2.05) is 13.8 Å². The minimum absolute atomic E-state index is 0.133. The average Bonchev–Trinajstić information content (AvgIpc) is 2.30. The maximum Gasteiger partial charge on any atom is 0.417 e. The number of thiol groups is 1. The van der Waals surface area contributed by atoms with Crippen LogP contribution >= 0.6 is 12.8 Å². The van der Waals surface area contributed by atoms with Gasteiger partial charge < -0.3 is 9.47 Å². The van der Waals surface area contributed by atoms with Gasteiger partial charge in [-0.05, 0) is 42.7 Å². The third kappa shape index (κ3) is 3.96. The van der Waals surface area contributed by atoms with Gasteiger partial charge in [0, 0.05) is 6.92 Å². The van der Waals surface area contributed by atoms with Crippen molar-refractivity contribution in [3.05, 3.63) is 28.8 Å². The van der Waals surface area contributed by atoms with E-state index in [4.69, 9.17) is 9.47 Å². The SMILES string of the molecule is CC(=O)Oc1c(C)cc(COC(=O)NS)cc1C. The van der Waals surface area contributed by atoms with Crippen LogP contribution in [-0.4, -0.2) is 12.1 Å². The van der Waals surface area contributed by atoms with E-state index in [-0.39, 0.29) is 12.6 Å². The van der Waals surface area contributed by atoms with Crippen LogP contribution in [0.1, 0.15) is 23.6 Å². The number of ether oxygens (including phenoxy) is 2. The van der Waals surface area contributed by atoms with Crippen LogP contribution in [0.2, 0.25) is 0 Å². The van der Waals surface area contributed by atoms with Crippen LogP contribution in [0.3, 0.4) is 0 Å². The Morgan fingerprint density at radius 3 is 2.28 bits per heavy atom. The van der Waals surface area contributed by atoms with Crippen LogP contribution in [0.4, 0.5) is 4.79 Å². The fraction of sp³-hybridized carbons (Fsp3) is 0.333. The van der Waals surface area contributed by atoms with Gasteiger partial charge in [-0.2, -0.15) is 0 Å². The van der Waals surface area contributed by atoms with Gasteiger partial charge in [-0.15, -0.1) is 0 Å². The quantitative estimate of drug-likeness (QED) is 0.502. The van der Waals surface area contributed by atoms with E-state index >= 15 is 0 Å². The summed E-state index contributed by atoms with van der Waals surface area (Å²) in [6, 6.07) is 3.61. The van der Waals surface area contributed by atoms with Crippen molar-refractivity contribution < 1.29 is 19.1 Å². The highest BCUT2D eigenvalue weighted by atomic mass is 32.1. The van der Waals surface area contributed by atoms with Crippen LogP contribution in [0.15, 0.2) is 12.1 Å². The van der Waals surface area contributed by atoms with Gasteiger partial charge in [0.15, 0.2) is 0 Å². The van der Waals surface area contributed by atoms with Crippen LogP contribution in [-0.2, 0) is 16.1 Å². The molecule has 1 rings (SSSR count). The standard InChI is InChI=1S/C12H15NO4S/c1-7-4-10(6-16-12(15)13-18)5-8(2)11(7)17-9(3)14/h4-5,18H,6H2,1-3H3,(H,13,15). The molecule has 0 heterocycles. The van der Waals surface area contributed by atoms with Gasteiger partial charge in [0.05, 0.1) is 0 Å². The first-order chi connectivity index (χ1) is 8.43. The van der Waals surface area contributed by atoms with Gasteiger partial charge in [-0.3, -0.25) is 9.52 Å². The van der Waals surface area contributed by atoms with Crippen molar-refractivity contribution in [3.8, 4) is 5.75 Å². The van der Waals surface area contributed by atoms with E-state index in [0.29, 0.717) is 5.75 Å². The highest BCUT2D eigenvalue weighted by Gasteiger charge is 2.09. The van der Waals surface area contributed by atoms with Gasteiger partial charge in [0.2, 0.25) is 0 Å². The second-order valence-electron chi connectivity index (χ2n) is 3.84. The van der Waals surface area contributed by atoms with Gasteiger partial charge in [-0.25, -0.2) is 4.79 Å². The number of hydrogen-bond acceptors (Lipinski definition) is 5. The van der Waals surface area contributed by atoms with E-state index in [1.165, 1.54) is 6.92 Å². The molecule has 0 aromatic heterocycles. The third-order valence-corrected chi connectivity index (χ3v) is 2.41. The molecule has 1 aromatic carbocycles. The topological polar surface area (TPSA) is 64.6 Å². The van der Waals surface area contributed by atoms with Crippen molar-refractivity contribution in [3.63, 3.8) is 0 Å². The second-order valence-corrected chi connectivity index (χ2v) is 4.06. The molecule has 0 aliphatic carbocycles. The number of aryl methyl sites for hydroxylation is 2. The molecule has 0 fully saturated rings. The van der Waals surface area contributed by atoms with Crippen LogP contribution in [0.25, 0.3) is 0 Å². The Bertz CT molecular complexity index is 450. The lowest BCUT2D eigenvalue weighted by atomic mass is 10.1. The lowest BCUT2D eigenvalue weighted by Gasteiger charge is -2.12. The van der Waals surface area contributed by atoms with Crippen molar-refractivity contribution >= 4 is 24.9 Å². The van der Waals surface area contributed by atoms with E-state index < -0.39 is 6.09 Å². The minimum Gasteiger partial charge on any atom is -0.444 e. The summed E-state index contributed by atoms with van der Waals surface area (Å²) in [4.78, 5) is 21.8. The Balaban J connectivity index is 2.85. The van der Waals surface area contributed by atoms with Crippen LogP contribution < -0.4 is 9.46 Å². The first-order valence-corrected chi connectivity index (χ1v) is 5.74. The highest BCUT2D eigenvalue weighted by Crippen LogP contribution is 2.25. The molecular formula is C12H15NO4S. The maximum absolute atomic E-state index is 10.9. The van der Waals surface area contributed by atoms with Gasteiger partial charge in [0.25, 0.3) is 0 Å². The Labute approximate surface area is 111 Å². The largest absolute Gasteiger partial charge is 0.444 e. The molecule has 0 saturated heterocycles. The summed E-state index contributed by atoms with van der Waals surface area (Å²) in [7, 11) is 0. The first kappa shape index (κ1) is 14.4. The van der Waals surface area contributed by atoms with E-state index in [9.17, 15) is 9.59 Å². The zero-order valence-corrected chi connectivity index (χ0v) is 11.3.